The third kappa shape index (κ3) is 8.49. The number of unbranched alkanes of at least 4 members (excludes halogenated alkanes) is 2. The first-order valence-corrected chi connectivity index (χ1v) is 21.7. The second kappa shape index (κ2) is 18.2. The molecule has 0 fully saturated rings. The number of benzene rings is 5. The Bertz CT molecular complexity index is 2480. The molecule has 4 aliphatic heterocycles. The normalized spacial score (nSPS) is 16.6. The Morgan fingerprint density at radius 1 is 0.619 bits per heavy atom. The lowest BCUT2D eigenvalue weighted by atomic mass is 10.1. The van der Waals surface area contributed by atoms with E-state index in [0.717, 1.165) is 59.3 Å². The van der Waals surface area contributed by atoms with E-state index < -0.39 is 0 Å². The van der Waals surface area contributed by atoms with Crippen molar-refractivity contribution < 1.29 is 38.1 Å². The SMILES string of the molecule is CCCCC(=O)CCCCOc1cc(COc2cc3c(cc2OC)C(=O)N2c4ccccc4C[C@H]2C=N3)cc(COc2cc3c(cc2OC)C(=O)N2c4ccccc4C[C@H]2C=N3)c1. The molecule has 2 atom stereocenters. The van der Waals surface area contributed by atoms with E-state index in [9.17, 15) is 14.4 Å². The lowest BCUT2D eigenvalue weighted by Crippen LogP contribution is -2.37. The van der Waals surface area contributed by atoms with Crippen molar-refractivity contribution >= 4 is 52.8 Å². The second-order valence-electron chi connectivity index (χ2n) is 16.3. The predicted octanol–water partition coefficient (Wildman–Crippen LogP) is 9.74. The van der Waals surface area contributed by atoms with Crippen LogP contribution < -0.4 is 33.5 Å². The van der Waals surface area contributed by atoms with Gasteiger partial charge in [-0.3, -0.25) is 34.2 Å². The van der Waals surface area contributed by atoms with Gasteiger partial charge in [0, 0.05) is 61.6 Å². The minimum atomic E-state index is -0.181. The molecule has 0 radical (unpaired) electrons. The first-order chi connectivity index (χ1) is 30.8. The Labute approximate surface area is 367 Å². The number of carbonyl (C=O) groups excluding carboxylic acids is 3. The summed E-state index contributed by atoms with van der Waals surface area (Å²) in [7, 11) is 3.10. The van der Waals surface area contributed by atoms with Gasteiger partial charge in [0.25, 0.3) is 11.8 Å². The van der Waals surface area contributed by atoms with Crippen LogP contribution in [0.4, 0.5) is 22.7 Å². The highest BCUT2D eigenvalue weighted by molar-refractivity contribution is 6.15. The van der Waals surface area contributed by atoms with Crippen LogP contribution in [0, 0.1) is 0 Å². The molecule has 9 rings (SSSR count). The van der Waals surface area contributed by atoms with Crippen molar-refractivity contribution in [3.05, 3.63) is 124 Å². The van der Waals surface area contributed by atoms with Crippen molar-refractivity contribution in [1.29, 1.82) is 0 Å². The summed E-state index contributed by atoms with van der Waals surface area (Å²) in [5.74, 6) is 2.34. The fourth-order valence-electron chi connectivity index (χ4n) is 8.79. The molecule has 0 aliphatic carbocycles. The number of aliphatic imine (C=N–C) groups is 2. The number of fused-ring (bicyclic) bond motifs is 8. The van der Waals surface area contributed by atoms with Crippen LogP contribution in [0.25, 0.3) is 0 Å². The summed E-state index contributed by atoms with van der Waals surface area (Å²) in [6.45, 7) is 2.81. The lowest BCUT2D eigenvalue weighted by Gasteiger charge is -2.22. The molecule has 0 aromatic heterocycles. The van der Waals surface area contributed by atoms with E-state index in [4.69, 9.17) is 33.7 Å². The van der Waals surface area contributed by atoms with Crippen LogP contribution in [0.3, 0.4) is 0 Å². The molecule has 0 N–H and O–H groups in total. The van der Waals surface area contributed by atoms with Gasteiger partial charge in [-0.1, -0.05) is 49.7 Å². The van der Waals surface area contributed by atoms with E-state index in [0.29, 0.717) is 89.3 Å². The number of hydrogen-bond donors (Lipinski definition) is 0. The van der Waals surface area contributed by atoms with Crippen LogP contribution in [0.2, 0.25) is 0 Å². The first-order valence-electron chi connectivity index (χ1n) is 21.7. The summed E-state index contributed by atoms with van der Waals surface area (Å²) in [5.41, 5.74) is 7.51. The average Bonchev–Trinajstić information content (AvgIpc) is 3.80. The molecule has 2 amide bonds. The third-order valence-corrected chi connectivity index (χ3v) is 12.0. The molecule has 0 saturated carbocycles. The molecule has 0 bridgehead atoms. The smallest absolute Gasteiger partial charge is 0.261 e. The van der Waals surface area contributed by atoms with Gasteiger partial charge >= 0.3 is 0 Å². The maximum Gasteiger partial charge on any atom is 0.261 e. The van der Waals surface area contributed by atoms with Crippen LogP contribution in [-0.2, 0) is 30.8 Å². The molecule has 4 aliphatic rings. The molecule has 0 unspecified atom stereocenters. The summed E-state index contributed by atoms with van der Waals surface area (Å²) in [4.78, 5) is 53.4. The molecule has 63 heavy (non-hydrogen) atoms. The number of methoxy groups -OCH3 is 2. The summed E-state index contributed by atoms with van der Waals surface area (Å²) >= 11 is 0. The van der Waals surface area contributed by atoms with Crippen molar-refractivity contribution in [2.75, 3.05) is 30.6 Å². The van der Waals surface area contributed by atoms with Gasteiger partial charge in [0.05, 0.1) is 55.4 Å². The number of ether oxygens (including phenoxy) is 5. The number of para-hydroxylation sites is 2. The van der Waals surface area contributed by atoms with Crippen LogP contribution >= 0.6 is 0 Å². The van der Waals surface area contributed by atoms with Gasteiger partial charge in [0.2, 0.25) is 0 Å². The Morgan fingerprint density at radius 2 is 1.13 bits per heavy atom. The number of anilines is 2. The van der Waals surface area contributed by atoms with Gasteiger partial charge in [0.1, 0.15) is 24.7 Å². The predicted molar refractivity (Wildman–Crippen MR) is 243 cm³/mol. The summed E-state index contributed by atoms with van der Waals surface area (Å²) in [5, 5.41) is 0. The van der Waals surface area contributed by atoms with Crippen molar-refractivity contribution in [2.24, 2.45) is 9.98 Å². The fourth-order valence-corrected chi connectivity index (χ4v) is 8.79. The Balaban J connectivity index is 0.943. The molecular formula is C51H50N4O8. The van der Waals surface area contributed by atoms with Gasteiger partial charge in [-0.05, 0) is 84.0 Å². The number of ketones is 1. The molecule has 322 valence electrons. The molecule has 0 spiro atoms. The third-order valence-electron chi connectivity index (χ3n) is 12.0. The largest absolute Gasteiger partial charge is 0.494 e. The maximum absolute atomic E-state index is 14.0. The maximum atomic E-state index is 14.0. The standard InChI is InChI=1S/C51H50N4O8/c1-4-5-14-38(56)15-10-11-18-61-39-20-32(30-62-48-26-42-40(24-46(48)59-2)50(57)54-36(28-52-42)22-34-12-6-8-16-44(34)54)19-33(21-39)31-63-49-27-43-41(25-47(49)60-3)51(58)55-37(29-53-43)23-35-13-7-9-17-45(35)55/h6-9,12-13,16-17,19-21,24-29,36-37H,4-5,10-11,14-15,18,22-23,30-31H2,1-3H3/t36-,37-/m0/s1. The minimum absolute atomic E-state index is 0.141. The number of amides is 2. The number of Topliss-reactive ketones (excluding diaryl/α,β-unsaturated/α-hetero) is 1. The number of rotatable bonds is 17. The zero-order chi connectivity index (χ0) is 43.5. The second-order valence-corrected chi connectivity index (χ2v) is 16.3. The van der Waals surface area contributed by atoms with Crippen molar-refractivity contribution in [2.45, 2.75) is 83.6 Å². The van der Waals surface area contributed by atoms with Crippen LogP contribution in [0.1, 0.15) is 88.4 Å². The van der Waals surface area contributed by atoms with Crippen molar-refractivity contribution in [3.63, 3.8) is 0 Å². The van der Waals surface area contributed by atoms with E-state index in [2.05, 4.69) is 6.92 Å². The fraction of sp³-hybridized carbons (Fsp3) is 0.314. The number of nitrogens with zero attached hydrogens (tertiary/aromatic N) is 4. The zero-order valence-electron chi connectivity index (χ0n) is 35.8. The van der Waals surface area contributed by atoms with E-state index >= 15 is 0 Å². The lowest BCUT2D eigenvalue weighted by molar-refractivity contribution is -0.119. The molecular weight excluding hydrogens is 797 g/mol. The molecule has 5 aromatic rings. The van der Waals surface area contributed by atoms with E-state index in [1.54, 1.807) is 48.3 Å². The Hall–Kier alpha value is -6.95. The highest BCUT2D eigenvalue weighted by Crippen LogP contribution is 2.43. The van der Waals surface area contributed by atoms with E-state index in [1.165, 1.54) is 0 Å². The van der Waals surface area contributed by atoms with E-state index in [1.807, 2.05) is 79.2 Å². The molecule has 4 heterocycles. The van der Waals surface area contributed by atoms with Gasteiger partial charge in [0.15, 0.2) is 23.0 Å². The quantitative estimate of drug-likeness (QED) is 0.0847. The van der Waals surface area contributed by atoms with Gasteiger partial charge in [-0.25, -0.2) is 0 Å². The summed E-state index contributed by atoms with van der Waals surface area (Å²) < 4.78 is 30.7. The van der Waals surface area contributed by atoms with E-state index in [-0.39, 0.29) is 37.1 Å². The van der Waals surface area contributed by atoms with Crippen LogP contribution in [0.5, 0.6) is 28.7 Å². The zero-order valence-corrected chi connectivity index (χ0v) is 35.8. The van der Waals surface area contributed by atoms with Gasteiger partial charge in [-0.2, -0.15) is 0 Å². The van der Waals surface area contributed by atoms with Gasteiger partial charge in [-0.15, -0.1) is 0 Å². The van der Waals surface area contributed by atoms with Crippen LogP contribution in [0.15, 0.2) is 101 Å². The monoisotopic (exact) mass is 846 g/mol. The van der Waals surface area contributed by atoms with Crippen molar-refractivity contribution in [3.8, 4) is 28.7 Å². The van der Waals surface area contributed by atoms with Crippen LogP contribution in [-0.4, -0.2) is 62.9 Å². The molecule has 12 heteroatoms. The Morgan fingerprint density at radius 3 is 1.63 bits per heavy atom. The highest BCUT2D eigenvalue weighted by atomic mass is 16.5. The first kappa shape index (κ1) is 41.4. The molecule has 5 aromatic carbocycles. The highest BCUT2D eigenvalue weighted by Gasteiger charge is 2.38. The van der Waals surface area contributed by atoms with Gasteiger partial charge < -0.3 is 23.7 Å². The topological polar surface area (TPSA) is 129 Å². The summed E-state index contributed by atoms with van der Waals surface area (Å²) in [6, 6.07) is 28.3. The summed E-state index contributed by atoms with van der Waals surface area (Å²) in [6.07, 6.45) is 9.64. The number of hydrogen-bond acceptors (Lipinski definition) is 10. The molecule has 12 nitrogen and oxygen atoms in total. The van der Waals surface area contributed by atoms with Crippen molar-refractivity contribution in [1.82, 2.24) is 0 Å². The average molecular weight is 847 g/mol. The Kier molecular flexibility index (Phi) is 11.9. The minimum Gasteiger partial charge on any atom is -0.494 e. The molecule has 0 saturated heterocycles. The number of carbonyl (C=O) groups is 3.